The van der Waals surface area contributed by atoms with Crippen LogP contribution in [0.4, 0.5) is 0 Å². The number of hydrogen-bond acceptors (Lipinski definition) is 4. The van der Waals surface area contributed by atoms with Crippen LogP contribution >= 0.6 is 0 Å². The Balaban J connectivity index is 2.13. The number of amides is 1. The van der Waals surface area contributed by atoms with Crippen molar-refractivity contribution in [3.05, 3.63) is 29.3 Å². The lowest BCUT2D eigenvalue weighted by Crippen LogP contribution is -2.42. The van der Waals surface area contributed by atoms with Crippen LogP contribution < -0.4 is 5.32 Å². The topological polar surface area (TPSA) is 61.8 Å². The van der Waals surface area contributed by atoms with Crippen LogP contribution in [-0.4, -0.2) is 55.3 Å². The molecule has 0 spiro atoms. The number of carbonyl (C=O) groups excluding carboxylic acids is 1. The number of nitrogens with zero attached hydrogens (tertiary/aromatic N) is 1. The molecule has 1 amide bonds. The molecule has 1 atom stereocenters. The Morgan fingerprint density at radius 1 is 1.52 bits per heavy atom. The lowest BCUT2D eigenvalue weighted by atomic mass is 10.1. The average Bonchev–Trinajstić information content (AvgIpc) is 2.98. The Kier molecular flexibility index (Phi) is 5.59. The van der Waals surface area contributed by atoms with E-state index in [0.717, 1.165) is 19.4 Å². The first-order valence-electron chi connectivity index (χ1n) is 7.43. The molecule has 1 fully saturated rings. The lowest BCUT2D eigenvalue weighted by Gasteiger charge is -2.26. The zero-order valence-corrected chi connectivity index (χ0v) is 12.8. The summed E-state index contributed by atoms with van der Waals surface area (Å²) in [4.78, 5) is 14.6. The van der Waals surface area contributed by atoms with Gasteiger partial charge in [-0.05, 0) is 38.4 Å². The van der Waals surface area contributed by atoms with E-state index in [0.29, 0.717) is 36.9 Å². The Morgan fingerprint density at radius 3 is 3.00 bits per heavy atom. The second-order valence-electron chi connectivity index (χ2n) is 5.49. The van der Waals surface area contributed by atoms with Crippen molar-refractivity contribution in [2.24, 2.45) is 0 Å². The van der Waals surface area contributed by atoms with Crippen molar-refractivity contribution in [1.82, 2.24) is 10.2 Å². The first-order valence-corrected chi connectivity index (χ1v) is 7.43. The second kappa shape index (κ2) is 7.43. The van der Waals surface area contributed by atoms with E-state index in [1.54, 1.807) is 32.2 Å². The molecule has 1 unspecified atom stereocenters. The van der Waals surface area contributed by atoms with Gasteiger partial charge in [0, 0.05) is 37.4 Å². The van der Waals surface area contributed by atoms with Gasteiger partial charge in [0.15, 0.2) is 0 Å². The van der Waals surface area contributed by atoms with Crippen molar-refractivity contribution < 1.29 is 14.6 Å². The highest BCUT2D eigenvalue weighted by atomic mass is 16.5. The minimum atomic E-state index is -0.0471. The SMILES string of the molecule is COCCN(CC1CCCN1)C(=O)c1cccc(O)c1C. The van der Waals surface area contributed by atoms with Gasteiger partial charge in [0.05, 0.1) is 6.61 Å². The number of phenols is 1. The van der Waals surface area contributed by atoms with E-state index in [2.05, 4.69) is 5.32 Å². The van der Waals surface area contributed by atoms with Crippen LogP contribution in [0.2, 0.25) is 0 Å². The third-order valence-electron chi connectivity index (χ3n) is 3.99. The van der Waals surface area contributed by atoms with Gasteiger partial charge in [-0.1, -0.05) is 6.07 Å². The first kappa shape index (κ1) is 15.8. The zero-order chi connectivity index (χ0) is 15.2. The molecule has 0 aromatic heterocycles. The number of nitrogens with one attached hydrogen (secondary N) is 1. The van der Waals surface area contributed by atoms with Crippen molar-refractivity contribution >= 4 is 5.91 Å². The maximum atomic E-state index is 12.7. The van der Waals surface area contributed by atoms with Crippen molar-refractivity contribution in [1.29, 1.82) is 0 Å². The Morgan fingerprint density at radius 2 is 2.33 bits per heavy atom. The molecule has 0 radical (unpaired) electrons. The Hall–Kier alpha value is -1.59. The number of aromatic hydroxyl groups is 1. The number of rotatable bonds is 6. The van der Waals surface area contributed by atoms with Gasteiger partial charge in [-0.25, -0.2) is 0 Å². The van der Waals surface area contributed by atoms with Gasteiger partial charge < -0.3 is 20.1 Å². The number of methoxy groups -OCH3 is 1. The molecule has 21 heavy (non-hydrogen) atoms. The predicted octanol–water partition coefficient (Wildman–Crippen LogP) is 1.54. The smallest absolute Gasteiger partial charge is 0.254 e. The molecule has 2 N–H and O–H groups in total. The van der Waals surface area contributed by atoms with Crippen LogP contribution in [0.5, 0.6) is 5.75 Å². The summed E-state index contributed by atoms with van der Waals surface area (Å²) in [6.07, 6.45) is 2.25. The van der Waals surface area contributed by atoms with Crippen LogP contribution in [0, 0.1) is 6.92 Å². The van der Waals surface area contributed by atoms with E-state index >= 15 is 0 Å². The monoisotopic (exact) mass is 292 g/mol. The molecule has 1 heterocycles. The van der Waals surface area contributed by atoms with Gasteiger partial charge in [0.2, 0.25) is 0 Å². The van der Waals surface area contributed by atoms with Crippen molar-refractivity contribution in [2.75, 3.05) is 33.4 Å². The van der Waals surface area contributed by atoms with Crippen LogP contribution in [0.3, 0.4) is 0 Å². The summed E-state index contributed by atoms with van der Waals surface area (Å²) in [5.41, 5.74) is 1.19. The van der Waals surface area contributed by atoms with E-state index < -0.39 is 0 Å². The van der Waals surface area contributed by atoms with Crippen LogP contribution in [0.25, 0.3) is 0 Å². The van der Waals surface area contributed by atoms with Crippen LogP contribution in [0.1, 0.15) is 28.8 Å². The van der Waals surface area contributed by atoms with Crippen molar-refractivity contribution in [3.8, 4) is 5.75 Å². The van der Waals surface area contributed by atoms with Crippen LogP contribution in [-0.2, 0) is 4.74 Å². The number of benzene rings is 1. The molecule has 1 aliphatic heterocycles. The fraction of sp³-hybridized carbons (Fsp3) is 0.562. The number of ether oxygens (including phenoxy) is 1. The molecular weight excluding hydrogens is 268 g/mol. The molecule has 0 saturated carbocycles. The molecule has 2 rings (SSSR count). The quantitative estimate of drug-likeness (QED) is 0.835. The summed E-state index contributed by atoms with van der Waals surface area (Å²) in [6.45, 7) is 4.53. The molecule has 116 valence electrons. The van der Waals surface area contributed by atoms with E-state index in [9.17, 15) is 9.90 Å². The van der Waals surface area contributed by atoms with Gasteiger partial charge in [-0.3, -0.25) is 4.79 Å². The molecule has 1 aromatic carbocycles. The molecule has 5 nitrogen and oxygen atoms in total. The number of hydrogen-bond donors (Lipinski definition) is 2. The van der Waals surface area contributed by atoms with Crippen LogP contribution in [0.15, 0.2) is 18.2 Å². The third kappa shape index (κ3) is 3.95. The zero-order valence-electron chi connectivity index (χ0n) is 12.8. The summed E-state index contributed by atoms with van der Waals surface area (Å²) in [5, 5.41) is 13.2. The van der Waals surface area contributed by atoms with Gasteiger partial charge in [-0.2, -0.15) is 0 Å². The average molecular weight is 292 g/mol. The summed E-state index contributed by atoms with van der Waals surface area (Å²) in [7, 11) is 1.63. The van der Waals surface area contributed by atoms with E-state index in [4.69, 9.17) is 4.74 Å². The van der Waals surface area contributed by atoms with Crippen molar-refractivity contribution in [2.45, 2.75) is 25.8 Å². The van der Waals surface area contributed by atoms with Gasteiger partial charge in [-0.15, -0.1) is 0 Å². The highest BCUT2D eigenvalue weighted by Gasteiger charge is 2.23. The Bertz CT molecular complexity index is 484. The predicted molar refractivity (Wildman–Crippen MR) is 81.6 cm³/mol. The lowest BCUT2D eigenvalue weighted by molar-refractivity contribution is 0.0678. The number of carbonyl (C=O) groups is 1. The molecule has 5 heteroatoms. The normalized spacial score (nSPS) is 17.9. The van der Waals surface area contributed by atoms with Gasteiger partial charge in [0.25, 0.3) is 5.91 Å². The summed E-state index contributed by atoms with van der Waals surface area (Å²) >= 11 is 0. The molecule has 1 aromatic rings. The Labute approximate surface area is 125 Å². The molecule has 1 aliphatic rings. The van der Waals surface area contributed by atoms with Gasteiger partial charge >= 0.3 is 0 Å². The molecular formula is C16H24N2O3. The van der Waals surface area contributed by atoms with Gasteiger partial charge in [0.1, 0.15) is 5.75 Å². The molecule has 1 saturated heterocycles. The fourth-order valence-electron chi connectivity index (χ4n) is 2.68. The number of phenolic OH excluding ortho intramolecular Hbond substituents is 1. The van der Waals surface area contributed by atoms with E-state index in [-0.39, 0.29) is 11.7 Å². The summed E-state index contributed by atoms with van der Waals surface area (Å²) < 4.78 is 5.11. The second-order valence-corrected chi connectivity index (χ2v) is 5.49. The highest BCUT2D eigenvalue weighted by molar-refractivity contribution is 5.96. The highest BCUT2D eigenvalue weighted by Crippen LogP contribution is 2.21. The first-order chi connectivity index (χ1) is 10.1. The maximum absolute atomic E-state index is 12.7. The fourth-order valence-corrected chi connectivity index (χ4v) is 2.68. The molecule has 0 bridgehead atoms. The minimum absolute atomic E-state index is 0.0471. The largest absolute Gasteiger partial charge is 0.508 e. The maximum Gasteiger partial charge on any atom is 0.254 e. The molecule has 0 aliphatic carbocycles. The minimum Gasteiger partial charge on any atom is -0.508 e. The standard InChI is InChI=1S/C16H24N2O3/c1-12-14(6-3-7-15(12)19)16(20)18(9-10-21-2)11-13-5-4-8-17-13/h3,6-7,13,17,19H,4-5,8-11H2,1-2H3. The summed E-state index contributed by atoms with van der Waals surface area (Å²) in [6, 6.07) is 5.42. The summed E-state index contributed by atoms with van der Waals surface area (Å²) in [5.74, 6) is 0.112. The third-order valence-corrected chi connectivity index (χ3v) is 3.99. The van der Waals surface area contributed by atoms with E-state index in [1.807, 2.05) is 4.90 Å². The van der Waals surface area contributed by atoms with E-state index in [1.165, 1.54) is 0 Å². The van der Waals surface area contributed by atoms with Crippen molar-refractivity contribution in [3.63, 3.8) is 0 Å².